The molecule has 1 aliphatic rings. The van der Waals surface area contributed by atoms with E-state index in [-0.39, 0.29) is 0 Å². The molecule has 0 spiro atoms. The summed E-state index contributed by atoms with van der Waals surface area (Å²) >= 11 is 0. The van der Waals surface area contributed by atoms with Crippen molar-refractivity contribution < 1.29 is 14.3 Å². The summed E-state index contributed by atoms with van der Waals surface area (Å²) in [7, 11) is 0. The molecule has 0 bridgehead atoms. The number of carbonyl (C=O) groups is 1. The van der Waals surface area contributed by atoms with Crippen molar-refractivity contribution in [1.82, 2.24) is 0 Å². The quantitative estimate of drug-likeness (QED) is 0.602. The van der Waals surface area contributed by atoms with E-state index in [0.717, 1.165) is 22.4 Å². The lowest BCUT2D eigenvalue weighted by molar-refractivity contribution is -0.130. The van der Waals surface area contributed by atoms with Gasteiger partial charge in [-0.2, -0.15) is 0 Å². The summed E-state index contributed by atoms with van der Waals surface area (Å²) in [6, 6.07) is 13.7. The average molecular weight is 335 g/mol. The molecule has 0 amide bonds. The molecule has 0 radical (unpaired) electrons. The monoisotopic (exact) mass is 335 g/mol. The summed E-state index contributed by atoms with van der Waals surface area (Å²) in [6.07, 6.45) is 2.25. The Morgan fingerprint density at radius 3 is 2.44 bits per heavy atom. The van der Waals surface area contributed by atoms with Crippen molar-refractivity contribution in [3.63, 3.8) is 0 Å². The first-order valence-electron chi connectivity index (χ1n) is 8.30. The predicted octanol–water partition coefficient (Wildman–Crippen LogP) is 4.38. The predicted molar refractivity (Wildman–Crippen MR) is 98.7 cm³/mol. The minimum Gasteiger partial charge on any atom is -0.493 e. The molecule has 2 aromatic carbocycles. The first-order valence-corrected chi connectivity index (χ1v) is 8.30. The number of ether oxygens (including phenoxy) is 2. The minimum absolute atomic E-state index is 0.338. The van der Waals surface area contributed by atoms with Gasteiger partial charge in [-0.3, -0.25) is 0 Å². The highest BCUT2D eigenvalue weighted by molar-refractivity contribution is 6.07. The molecule has 0 fully saturated rings. The smallest absolute Gasteiger partial charge is 0.363 e. The Morgan fingerprint density at radius 2 is 1.76 bits per heavy atom. The molecular formula is C21H21NO3. The van der Waals surface area contributed by atoms with Crippen molar-refractivity contribution in [2.75, 3.05) is 6.61 Å². The van der Waals surface area contributed by atoms with Crippen LogP contribution in [0.4, 0.5) is 0 Å². The highest BCUT2D eigenvalue weighted by Gasteiger charge is 2.23. The van der Waals surface area contributed by atoms with Gasteiger partial charge in [0, 0.05) is 0 Å². The van der Waals surface area contributed by atoms with Gasteiger partial charge >= 0.3 is 5.97 Å². The third kappa shape index (κ3) is 4.15. The molecule has 1 heterocycles. The van der Waals surface area contributed by atoms with Crippen molar-refractivity contribution in [3.05, 3.63) is 70.4 Å². The van der Waals surface area contributed by atoms with Crippen molar-refractivity contribution in [2.24, 2.45) is 4.99 Å². The molecule has 0 aliphatic carbocycles. The molecule has 0 saturated carbocycles. The molecular weight excluding hydrogens is 314 g/mol. The van der Waals surface area contributed by atoms with Gasteiger partial charge < -0.3 is 9.47 Å². The number of carbonyl (C=O) groups excluding carboxylic acids is 1. The standard InChI is InChI=1S/C21H21NO3/c1-14-11-15(2)18(16(3)12-14)13-19-21(23)25-20(22-19)9-10-24-17-7-5-4-6-8-17/h4-8,11-13H,9-10H2,1-3H3/b19-13-. The van der Waals surface area contributed by atoms with Crippen LogP contribution < -0.4 is 4.74 Å². The van der Waals surface area contributed by atoms with E-state index in [1.54, 1.807) is 6.08 Å². The normalized spacial score (nSPS) is 15.2. The molecule has 0 aromatic heterocycles. The van der Waals surface area contributed by atoms with Crippen LogP contribution in [0.15, 0.2) is 53.2 Å². The number of hydrogen-bond acceptors (Lipinski definition) is 4. The molecule has 0 unspecified atom stereocenters. The van der Waals surface area contributed by atoms with Crippen LogP contribution in [0.5, 0.6) is 5.75 Å². The molecule has 2 aromatic rings. The van der Waals surface area contributed by atoms with Crippen LogP contribution in [0.2, 0.25) is 0 Å². The number of cyclic esters (lactones) is 1. The zero-order chi connectivity index (χ0) is 17.8. The highest BCUT2D eigenvalue weighted by atomic mass is 16.6. The van der Waals surface area contributed by atoms with Crippen LogP contribution in [0.25, 0.3) is 6.08 Å². The van der Waals surface area contributed by atoms with E-state index >= 15 is 0 Å². The van der Waals surface area contributed by atoms with Gasteiger partial charge in [0.2, 0.25) is 5.90 Å². The molecule has 0 saturated heterocycles. The Morgan fingerprint density at radius 1 is 1.08 bits per heavy atom. The zero-order valence-corrected chi connectivity index (χ0v) is 14.7. The van der Waals surface area contributed by atoms with E-state index in [9.17, 15) is 4.79 Å². The topological polar surface area (TPSA) is 47.9 Å². The fourth-order valence-corrected chi connectivity index (χ4v) is 2.89. The average Bonchev–Trinajstić information content (AvgIpc) is 2.91. The Hall–Kier alpha value is -2.88. The summed E-state index contributed by atoms with van der Waals surface area (Å²) in [5.74, 6) is 0.776. The molecule has 0 atom stereocenters. The fraction of sp³-hybridized carbons (Fsp3) is 0.238. The minimum atomic E-state index is -0.408. The van der Waals surface area contributed by atoms with Crippen LogP contribution in [0.1, 0.15) is 28.7 Å². The van der Waals surface area contributed by atoms with Gasteiger partial charge in [0.15, 0.2) is 5.70 Å². The van der Waals surface area contributed by atoms with E-state index in [2.05, 4.69) is 24.0 Å². The van der Waals surface area contributed by atoms with Crippen molar-refractivity contribution in [2.45, 2.75) is 27.2 Å². The molecule has 128 valence electrons. The Kier molecular flexibility index (Phi) is 4.98. The number of aryl methyl sites for hydroxylation is 3. The van der Waals surface area contributed by atoms with Gasteiger partial charge in [-0.15, -0.1) is 0 Å². The number of benzene rings is 2. The second kappa shape index (κ2) is 7.34. The molecule has 4 nitrogen and oxygen atoms in total. The third-order valence-corrected chi connectivity index (χ3v) is 4.01. The molecule has 1 aliphatic heterocycles. The lowest BCUT2D eigenvalue weighted by atomic mass is 9.99. The summed E-state index contributed by atoms with van der Waals surface area (Å²) in [5, 5.41) is 0. The van der Waals surface area contributed by atoms with Gasteiger partial charge in [0.05, 0.1) is 13.0 Å². The van der Waals surface area contributed by atoms with Crippen LogP contribution in [0.3, 0.4) is 0 Å². The largest absolute Gasteiger partial charge is 0.493 e. The first-order chi connectivity index (χ1) is 12.0. The lowest BCUT2D eigenvalue weighted by Crippen LogP contribution is -2.08. The maximum Gasteiger partial charge on any atom is 0.363 e. The van der Waals surface area contributed by atoms with Gasteiger partial charge in [0.25, 0.3) is 0 Å². The van der Waals surface area contributed by atoms with E-state index < -0.39 is 5.97 Å². The molecule has 25 heavy (non-hydrogen) atoms. The molecule has 4 heteroatoms. The van der Waals surface area contributed by atoms with E-state index in [1.165, 1.54) is 5.56 Å². The number of hydrogen-bond donors (Lipinski definition) is 0. The number of esters is 1. The summed E-state index contributed by atoms with van der Waals surface area (Å²) in [5.41, 5.74) is 4.80. The fourth-order valence-electron chi connectivity index (χ4n) is 2.89. The van der Waals surface area contributed by atoms with Crippen LogP contribution >= 0.6 is 0 Å². The summed E-state index contributed by atoms with van der Waals surface area (Å²) < 4.78 is 10.9. The number of nitrogens with zero attached hydrogens (tertiary/aromatic N) is 1. The molecule has 3 rings (SSSR count). The SMILES string of the molecule is Cc1cc(C)c(/C=C2\N=C(CCOc3ccccc3)OC2=O)c(C)c1. The second-order valence-electron chi connectivity index (χ2n) is 6.15. The van der Waals surface area contributed by atoms with Gasteiger partial charge in [-0.1, -0.05) is 35.9 Å². The number of para-hydroxylation sites is 1. The van der Waals surface area contributed by atoms with Crippen LogP contribution in [-0.4, -0.2) is 18.5 Å². The Bertz CT molecular complexity index is 828. The van der Waals surface area contributed by atoms with Gasteiger partial charge in [-0.05, 0) is 55.7 Å². The van der Waals surface area contributed by atoms with E-state index in [4.69, 9.17) is 9.47 Å². The van der Waals surface area contributed by atoms with Crippen molar-refractivity contribution in [3.8, 4) is 5.75 Å². The second-order valence-corrected chi connectivity index (χ2v) is 6.15. The summed E-state index contributed by atoms with van der Waals surface area (Å²) in [6.45, 7) is 6.53. The van der Waals surface area contributed by atoms with Gasteiger partial charge in [0.1, 0.15) is 5.75 Å². The molecule has 0 N–H and O–H groups in total. The lowest BCUT2D eigenvalue weighted by Gasteiger charge is -2.07. The van der Waals surface area contributed by atoms with Gasteiger partial charge in [-0.25, -0.2) is 9.79 Å². The summed E-state index contributed by atoms with van der Waals surface area (Å²) in [4.78, 5) is 16.4. The number of rotatable bonds is 5. The van der Waals surface area contributed by atoms with Crippen molar-refractivity contribution >= 4 is 17.9 Å². The highest BCUT2D eigenvalue weighted by Crippen LogP contribution is 2.23. The van der Waals surface area contributed by atoms with Crippen LogP contribution in [0, 0.1) is 20.8 Å². The van der Waals surface area contributed by atoms with E-state index in [0.29, 0.717) is 24.6 Å². The zero-order valence-electron chi connectivity index (χ0n) is 14.7. The number of aliphatic imine (C=N–C) groups is 1. The Balaban J connectivity index is 1.70. The van der Waals surface area contributed by atoms with Crippen LogP contribution in [-0.2, 0) is 9.53 Å². The third-order valence-electron chi connectivity index (χ3n) is 4.01. The first kappa shape index (κ1) is 17.0. The van der Waals surface area contributed by atoms with E-state index in [1.807, 2.05) is 44.2 Å². The maximum absolute atomic E-state index is 12.1. The maximum atomic E-state index is 12.1. The van der Waals surface area contributed by atoms with Crippen molar-refractivity contribution in [1.29, 1.82) is 0 Å². The Labute approximate surface area is 147 Å².